The van der Waals surface area contributed by atoms with Crippen molar-refractivity contribution in [3.63, 3.8) is 0 Å². The van der Waals surface area contributed by atoms with E-state index in [1.54, 1.807) is 25.3 Å². The fourth-order valence-corrected chi connectivity index (χ4v) is 2.65. The number of nitrogens with one attached hydrogen (secondary N) is 1. The van der Waals surface area contributed by atoms with Gasteiger partial charge in [0.25, 0.3) is 5.91 Å². The summed E-state index contributed by atoms with van der Waals surface area (Å²) >= 11 is 0. The Bertz CT molecular complexity index is 439. The SMILES string of the molecule is COc1cccc(C(=O)NCC2(CO)CCCC2)c1. The van der Waals surface area contributed by atoms with Gasteiger partial charge >= 0.3 is 0 Å². The quantitative estimate of drug-likeness (QED) is 0.854. The lowest BCUT2D eigenvalue weighted by molar-refractivity contribution is 0.0880. The predicted octanol–water partition coefficient (Wildman–Crippen LogP) is 1.98. The van der Waals surface area contributed by atoms with Crippen LogP contribution in [0.5, 0.6) is 5.75 Å². The minimum atomic E-state index is -0.117. The Hall–Kier alpha value is -1.55. The van der Waals surface area contributed by atoms with Gasteiger partial charge in [0.2, 0.25) is 0 Å². The van der Waals surface area contributed by atoms with Gasteiger partial charge in [-0.2, -0.15) is 0 Å². The number of hydrogen-bond acceptors (Lipinski definition) is 3. The van der Waals surface area contributed by atoms with E-state index in [4.69, 9.17) is 4.74 Å². The number of hydrogen-bond donors (Lipinski definition) is 2. The molecule has 0 atom stereocenters. The molecule has 1 amide bonds. The summed E-state index contributed by atoms with van der Waals surface area (Å²) in [6.07, 6.45) is 4.25. The van der Waals surface area contributed by atoms with Crippen LogP contribution in [0.2, 0.25) is 0 Å². The average Bonchev–Trinajstić information content (AvgIpc) is 2.94. The molecule has 1 fully saturated rings. The normalized spacial score (nSPS) is 17.2. The summed E-state index contributed by atoms with van der Waals surface area (Å²) in [5, 5.41) is 12.4. The molecule has 1 aliphatic carbocycles. The molecule has 104 valence electrons. The van der Waals surface area contributed by atoms with Crippen molar-refractivity contribution in [1.29, 1.82) is 0 Å². The summed E-state index contributed by atoms with van der Waals surface area (Å²) in [5.41, 5.74) is 0.472. The Morgan fingerprint density at radius 1 is 1.42 bits per heavy atom. The van der Waals surface area contributed by atoms with E-state index in [-0.39, 0.29) is 17.9 Å². The lowest BCUT2D eigenvalue weighted by Crippen LogP contribution is -2.38. The summed E-state index contributed by atoms with van der Waals surface area (Å²) in [4.78, 5) is 12.1. The van der Waals surface area contributed by atoms with E-state index < -0.39 is 0 Å². The van der Waals surface area contributed by atoms with Gasteiger partial charge in [-0.05, 0) is 31.0 Å². The highest BCUT2D eigenvalue weighted by molar-refractivity contribution is 5.94. The maximum atomic E-state index is 12.1. The van der Waals surface area contributed by atoms with E-state index in [0.717, 1.165) is 25.7 Å². The van der Waals surface area contributed by atoms with Gasteiger partial charge in [-0.3, -0.25) is 4.79 Å². The maximum Gasteiger partial charge on any atom is 0.251 e. The molecule has 2 N–H and O–H groups in total. The van der Waals surface area contributed by atoms with E-state index in [1.807, 2.05) is 6.07 Å². The van der Waals surface area contributed by atoms with Crippen molar-refractivity contribution in [2.45, 2.75) is 25.7 Å². The van der Waals surface area contributed by atoms with Crippen molar-refractivity contribution < 1.29 is 14.6 Å². The molecule has 4 nitrogen and oxygen atoms in total. The van der Waals surface area contributed by atoms with Gasteiger partial charge in [0, 0.05) is 17.5 Å². The highest BCUT2D eigenvalue weighted by Crippen LogP contribution is 2.36. The molecule has 4 heteroatoms. The van der Waals surface area contributed by atoms with Crippen LogP contribution in [0.3, 0.4) is 0 Å². The Morgan fingerprint density at radius 3 is 2.79 bits per heavy atom. The minimum absolute atomic E-state index is 0.112. The highest BCUT2D eigenvalue weighted by Gasteiger charge is 2.33. The number of methoxy groups -OCH3 is 1. The van der Waals surface area contributed by atoms with Crippen molar-refractivity contribution in [3.05, 3.63) is 29.8 Å². The van der Waals surface area contributed by atoms with Crippen LogP contribution in [0.25, 0.3) is 0 Å². The lowest BCUT2D eigenvalue weighted by Gasteiger charge is -2.26. The second-order valence-corrected chi connectivity index (χ2v) is 5.28. The third kappa shape index (κ3) is 3.26. The minimum Gasteiger partial charge on any atom is -0.497 e. The molecule has 0 bridgehead atoms. The smallest absolute Gasteiger partial charge is 0.251 e. The lowest BCUT2D eigenvalue weighted by atomic mass is 9.87. The molecule has 0 saturated heterocycles. The number of aliphatic hydroxyl groups is 1. The third-order valence-corrected chi connectivity index (χ3v) is 3.96. The Balaban J connectivity index is 1.97. The van der Waals surface area contributed by atoms with Gasteiger partial charge in [0.1, 0.15) is 5.75 Å². The second kappa shape index (κ2) is 6.06. The average molecular weight is 263 g/mol. The molecule has 1 aromatic rings. The van der Waals surface area contributed by atoms with Gasteiger partial charge < -0.3 is 15.2 Å². The summed E-state index contributed by atoms with van der Waals surface area (Å²) in [5.74, 6) is 0.559. The Morgan fingerprint density at radius 2 is 2.16 bits per heavy atom. The van der Waals surface area contributed by atoms with Gasteiger partial charge in [-0.25, -0.2) is 0 Å². The zero-order valence-corrected chi connectivity index (χ0v) is 11.3. The molecule has 0 radical (unpaired) electrons. The molecular weight excluding hydrogens is 242 g/mol. The molecule has 0 unspecified atom stereocenters. The number of aliphatic hydroxyl groups excluding tert-OH is 1. The summed E-state index contributed by atoms with van der Waals surface area (Å²) in [6.45, 7) is 0.685. The van der Waals surface area contributed by atoms with Gasteiger partial charge in [0.05, 0.1) is 13.7 Å². The van der Waals surface area contributed by atoms with Crippen LogP contribution < -0.4 is 10.1 Å². The van der Waals surface area contributed by atoms with E-state index in [0.29, 0.717) is 17.9 Å². The summed E-state index contributed by atoms with van der Waals surface area (Å²) in [6, 6.07) is 7.09. The number of carbonyl (C=O) groups excluding carboxylic acids is 1. The van der Waals surface area contributed by atoms with Crippen molar-refractivity contribution in [1.82, 2.24) is 5.32 Å². The molecule has 0 aromatic heterocycles. The van der Waals surface area contributed by atoms with Crippen LogP contribution in [0.1, 0.15) is 36.0 Å². The number of benzene rings is 1. The molecular formula is C15H21NO3. The summed E-state index contributed by atoms with van der Waals surface area (Å²) < 4.78 is 5.10. The Kier molecular flexibility index (Phi) is 4.43. The van der Waals surface area contributed by atoms with Crippen LogP contribution >= 0.6 is 0 Å². The predicted molar refractivity (Wildman–Crippen MR) is 73.3 cm³/mol. The molecule has 0 heterocycles. The van der Waals surface area contributed by atoms with Gasteiger partial charge in [-0.1, -0.05) is 18.9 Å². The van der Waals surface area contributed by atoms with Crippen LogP contribution in [0, 0.1) is 5.41 Å². The fourth-order valence-electron chi connectivity index (χ4n) is 2.65. The molecule has 19 heavy (non-hydrogen) atoms. The van der Waals surface area contributed by atoms with Crippen molar-refractivity contribution >= 4 is 5.91 Å². The first-order valence-corrected chi connectivity index (χ1v) is 6.72. The molecule has 1 aliphatic rings. The second-order valence-electron chi connectivity index (χ2n) is 5.28. The van der Waals surface area contributed by atoms with E-state index in [9.17, 15) is 9.90 Å². The van der Waals surface area contributed by atoms with Crippen molar-refractivity contribution in [2.24, 2.45) is 5.41 Å². The van der Waals surface area contributed by atoms with E-state index >= 15 is 0 Å². The van der Waals surface area contributed by atoms with E-state index in [1.165, 1.54) is 0 Å². The molecule has 2 rings (SSSR count). The number of rotatable bonds is 5. The highest BCUT2D eigenvalue weighted by atomic mass is 16.5. The van der Waals surface area contributed by atoms with Crippen molar-refractivity contribution in [2.75, 3.05) is 20.3 Å². The largest absolute Gasteiger partial charge is 0.497 e. The standard InChI is InChI=1S/C15H21NO3/c1-19-13-6-4-5-12(9-13)14(18)16-10-15(11-17)7-2-3-8-15/h4-6,9,17H,2-3,7-8,10-11H2,1H3,(H,16,18). The van der Waals surface area contributed by atoms with Crippen molar-refractivity contribution in [3.8, 4) is 5.75 Å². The molecule has 1 saturated carbocycles. The number of ether oxygens (including phenoxy) is 1. The zero-order chi connectivity index (χ0) is 13.7. The van der Waals surface area contributed by atoms with E-state index in [2.05, 4.69) is 5.32 Å². The first-order valence-electron chi connectivity index (χ1n) is 6.72. The van der Waals surface area contributed by atoms with Crippen LogP contribution in [-0.2, 0) is 0 Å². The van der Waals surface area contributed by atoms with Crippen LogP contribution in [0.15, 0.2) is 24.3 Å². The Labute approximate surface area is 113 Å². The van der Waals surface area contributed by atoms with Gasteiger partial charge in [-0.15, -0.1) is 0 Å². The summed E-state index contributed by atoms with van der Waals surface area (Å²) in [7, 11) is 1.58. The number of amides is 1. The first-order chi connectivity index (χ1) is 9.19. The fraction of sp³-hybridized carbons (Fsp3) is 0.533. The van der Waals surface area contributed by atoms with Gasteiger partial charge in [0.15, 0.2) is 0 Å². The van der Waals surface area contributed by atoms with Crippen LogP contribution in [-0.4, -0.2) is 31.3 Å². The topological polar surface area (TPSA) is 58.6 Å². The monoisotopic (exact) mass is 263 g/mol. The molecule has 0 aliphatic heterocycles. The van der Waals surface area contributed by atoms with Crippen LogP contribution in [0.4, 0.5) is 0 Å². The molecule has 0 spiro atoms. The zero-order valence-electron chi connectivity index (χ0n) is 11.3. The first kappa shape index (κ1) is 13.9. The number of carbonyl (C=O) groups is 1. The maximum absolute atomic E-state index is 12.1. The molecule has 1 aromatic carbocycles. The third-order valence-electron chi connectivity index (χ3n) is 3.96.